The van der Waals surface area contributed by atoms with E-state index in [1.54, 1.807) is 0 Å². The van der Waals surface area contributed by atoms with Gasteiger partial charge in [0.2, 0.25) is 5.82 Å². The molecular formula is C32H33F5N2O4S2. The largest absolute Gasteiger partial charge is 0.744 e. The summed E-state index contributed by atoms with van der Waals surface area (Å²) in [6.45, 7) is 6.25. The number of ether oxygens (including phenoxy) is 1. The van der Waals surface area contributed by atoms with Crippen LogP contribution in [0.3, 0.4) is 0 Å². The highest BCUT2D eigenvalue weighted by Gasteiger charge is 2.30. The van der Waals surface area contributed by atoms with Crippen molar-refractivity contribution in [2.75, 3.05) is 38.0 Å². The van der Waals surface area contributed by atoms with Gasteiger partial charge < -0.3 is 19.1 Å². The molecule has 0 spiro atoms. The Morgan fingerprint density at radius 2 is 1.04 bits per heavy atom. The topological polar surface area (TPSA) is 72.9 Å². The number of hydrogen-bond donors (Lipinski definition) is 0. The molecule has 242 valence electrons. The van der Waals surface area contributed by atoms with Crippen molar-refractivity contribution in [1.82, 2.24) is 0 Å². The number of anilines is 2. The first-order valence-electron chi connectivity index (χ1n) is 13.4. The van der Waals surface area contributed by atoms with Gasteiger partial charge in [0.1, 0.15) is 26.4 Å². The van der Waals surface area contributed by atoms with Crippen LogP contribution in [0.25, 0.3) is 0 Å². The predicted molar refractivity (Wildman–Crippen MR) is 165 cm³/mol. The van der Waals surface area contributed by atoms with Crippen LogP contribution in [0.1, 0.15) is 20.8 Å². The van der Waals surface area contributed by atoms with E-state index in [1.807, 2.05) is 6.07 Å². The van der Waals surface area contributed by atoms with Gasteiger partial charge in [-0.15, -0.1) is 0 Å². The number of nitrogens with zero attached hydrogens (tertiary/aromatic N) is 2. The summed E-state index contributed by atoms with van der Waals surface area (Å²) in [5.41, 5.74) is 2.18. The molecule has 0 N–H and O–H groups in total. The van der Waals surface area contributed by atoms with Crippen LogP contribution in [0.2, 0.25) is 0 Å². The second kappa shape index (κ2) is 14.1. The monoisotopic (exact) mass is 668 g/mol. The van der Waals surface area contributed by atoms with Gasteiger partial charge in [0.05, 0.1) is 10.9 Å². The van der Waals surface area contributed by atoms with Crippen molar-refractivity contribution in [2.45, 2.75) is 46.0 Å². The minimum Gasteiger partial charge on any atom is -0.744 e. The maximum atomic E-state index is 12.6. The van der Waals surface area contributed by atoms with Crippen LogP contribution in [-0.4, -0.2) is 46.8 Å². The molecule has 0 aliphatic heterocycles. The third-order valence-corrected chi connectivity index (χ3v) is 9.13. The lowest BCUT2D eigenvalue weighted by Crippen LogP contribution is -2.23. The lowest BCUT2D eigenvalue weighted by molar-refractivity contribution is 0.130. The SMILES string of the molecule is CN(C)c1ccc([S+](c2ccc(N(C)C)cc2)c2cccc(OC(C)(C)C)c2)cc1.O=S(=O)([O-])c1c(F)c(F)c(F)c(F)c1F. The zero-order chi connectivity index (χ0) is 33.9. The zero-order valence-corrected chi connectivity index (χ0v) is 27.3. The molecule has 0 aromatic heterocycles. The Kier molecular flexibility index (Phi) is 11.2. The average molecular weight is 669 g/mol. The Hall–Kier alpha value is -3.81. The van der Waals surface area contributed by atoms with Gasteiger partial charge in [-0.3, -0.25) is 0 Å². The Balaban J connectivity index is 0.000000309. The molecule has 0 aliphatic rings. The Bertz CT molecular complexity index is 1660. The molecule has 0 heterocycles. The molecule has 6 nitrogen and oxygen atoms in total. The molecule has 0 atom stereocenters. The van der Waals surface area contributed by atoms with Gasteiger partial charge in [0.15, 0.2) is 38.0 Å². The van der Waals surface area contributed by atoms with Crippen molar-refractivity contribution < 1.29 is 39.7 Å². The fourth-order valence-electron chi connectivity index (χ4n) is 3.99. The van der Waals surface area contributed by atoms with E-state index in [2.05, 4.69) is 125 Å². The second-order valence-electron chi connectivity index (χ2n) is 11.1. The first kappa shape index (κ1) is 35.7. The summed E-state index contributed by atoms with van der Waals surface area (Å²) in [4.78, 5) is 5.74. The van der Waals surface area contributed by atoms with Crippen LogP contribution in [-0.2, 0) is 21.0 Å². The third kappa shape index (κ3) is 8.89. The number of halogens is 5. The van der Waals surface area contributed by atoms with E-state index in [0.29, 0.717) is 0 Å². The van der Waals surface area contributed by atoms with Crippen LogP contribution in [0.15, 0.2) is 92.4 Å². The summed E-state index contributed by atoms with van der Waals surface area (Å²) in [5.74, 6) is -11.9. The van der Waals surface area contributed by atoms with Crippen LogP contribution >= 0.6 is 0 Å². The Morgan fingerprint density at radius 1 is 0.644 bits per heavy atom. The molecule has 4 aromatic rings. The highest BCUT2D eigenvalue weighted by Crippen LogP contribution is 2.35. The molecule has 13 heteroatoms. The number of rotatable bonds is 7. The third-order valence-electron chi connectivity index (χ3n) is 6.06. The molecule has 0 saturated carbocycles. The van der Waals surface area contributed by atoms with Gasteiger partial charge in [0.25, 0.3) is 0 Å². The summed E-state index contributed by atoms with van der Waals surface area (Å²) in [6.07, 6.45) is 0. The average Bonchev–Trinajstić information content (AvgIpc) is 2.95. The molecule has 0 bridgehead atoms. The van der Waals surface area contributed by atoms with Crippen LogP contribution in [0.5, 0.6) is 5.75 Å². The van der Waals surface area contributed by atoms with Crippen molar-refractivity contribution in [3.05, 3.63) is 102 Å². The van der Waals surface area contributed by atoms with Crippen molar-refractivity contribution in [2.24, 2.45) is 0 Å². The lowest BCUT2D eigenvalue weighted by atomic mass is 10.2. The molecule has 4 rings (SSSR count). The lowest BCUT2D eigenvalue weighted by Gasteiger charge is -2.21. The molecule has 4 aromatic carbocycles. The predicted octanol–water partition coefficient (Wildman–Crippen LogP) is 7.38. The molecule has 0 radical (unpaired) electrons. The van der Waals surface area contributed by atoms with Crippen LogP contribution in [0.4, 0.5) is 33.3 Å². The van der Waals surface area contributed by atoms with E-state index in [0.717, 1.165) is 5.75 Å². The molecule has 0 unspecified atom stereocenters. The summed E-state index contributed by atoms with van der Waals surface area (Å²) in [7, 11) is 2.30. The Labute approximate surface area is 263 Å². The molecule has 45 heavy (non-hydrogen) atoms. The fourth-order valence-corrected chi connectivity index (χ4v) is 6.69. The van der Waals surface area contributed by atoms with E-state index >= 15 is 0 Å². The summed E-state index contributed by atoms with van der Waals surface area (Å²) in [5, 5.41) is 0. The van der Waals surface area contributed by atoms with E-state index in [-0.39, 0.29) is 16.5 Å². The molecule has 0 amide bonds. The first-order chi connectivity index (χ1) is 20.8. The van der Waals surface area contributed by atoms with Gasteiger partial charge in [-0.05, 0) is 81.4 Å². The molecule has 0 saturated heterocycles. The van der Waals surface area contributed by atoms with Gasteiger partial charge in [0, 0.05) is 45.6 Å². The summed E-state index contributed by atoms with van der Waals surface area (Å²) >= 11 is 0. The van der Waals surface area contributed by atoms with E-state index in [4.69, 9.17) is 4.74 Å². The Morgan fingerprint density at radius 3 is 1.40 bits per heavy atom. The van der Waals surface area contributed by atoms with Crippen LogP contribution < -0.4 is 14.5 Å². The maximum absolute atomic E-state index is 12.6. The minimum atomic E-state index is -5.77. The maximum Gasteiger partial charge on any atom is 0.200 e. The summed E-state index contributed by atoms with van der Waals surface area (Å²) in [6, 6.07) is 26.3. The van der Waals surface area contributed by atoms with E-state index in [1.165, 1.54) is 26.1 Å². The van der Waals surface area contributed by atoms with Crippen molar-refractivity contribution in [3.63, 3.8) is 0 Å². The molecule has 0 fully saturated rings. The second-order valence-corrected chi connectivity index (χ2v) is 14.5. The van der Waals surface area contributed by atoms with E-state index in [9.17, 15) is 34.9 Å². The van der Waals surface area contributed by atoms with Crippen LogP contribution in [0, 0.1) is 29.1 Å². The first-order valence-corrected chi connectivity index (χ1v) is 16.0. The van der Waals surface area contributed by atoms with Crippen molar-refractivity contribution in [1.29, 1.82) is 0 Å². The van der Waals surface area contributed by atoms with Gasteiger partial charge in [-0.25, -0.2) is 30.4 Å². The standard InChI is InChI=1S/C26H33N2OS.C6HF5O3S/c1-26(2,3)29-22-9-8-10-25(19-22)30(23-15-11-20(12-16-23)27(4)5)24-17-13-21(14-18-24)28(6)7;7-1-2(8)4(10)6(15(12,13)14)5(11)3(1)9/h8-19H,1-7H3;(H,12,13,14)/q+1;/p-1. The molecular weight excluding hydrogens is 635 g/mol. The fraction of sp³-hybridized carbons (Fsp3) is 0.250. The smallest absolute Gasteiger partial charge is 0.200 e. The molecule has 0 aliphatic carbocycles. The highest BCUT2D eigenvalue weighted by molar-refractivity contribution is 7.97. The summed E-state index contributed by atoms with van der Waals surface area (Å²) < 4.78 is 99.0. The number of benzene rings is 4. The van der Waals surface area contributed by atoms with Gasteiger partial charge in [-0.2, -0.15) is 0 Å². The minimum absolute atomic E-state index is 0.213. The van der Waals surface area contributed by atoms with Crippen molar-refractivity contribution in [3.8, 4) is 5.75 Å². The number of hydrogen-bond acceptors (Lipinski definition) is 6. The van der Waals surface area contributed by atoms with E-state index < -0.39 is 44.1 Å². The van der Waals surface area contributed by atoms with Gasteiger partial charge >= 0.3 is 0 Å². The normalized spacial score (nSPS) is 11.6. The quantitative estimate of drug-likeness (QED) is 0.0673. The van der Waals surface area contributed by atoms with Crippen molar-refractivity contribution >= 4 is 32.4 Å². The highest BCUT2D eigenvalue weighted by atomic mass is 32.2. The van der Waals surface area contributed by atoms with Gasteiger partial charge in [-0.1, -0.05) is 6.07 Å². The zero-order valence-electron chi connectivity index (χ0n) is 25.7.